The number of imidazole rings is 1. The molecule has 0 aliphatic rings. The number of pyridine rings is 1. The predicted octanol–water partition coefficient (Wildman–Crippen LogP) is 11.2. The van der Waals surface area contributed by atoms with E-state index in [2.05, 4.69) is 172 Å². The third-order valence-corrected chi connectivity index (χ3v) is 8.96. The Morgan fingerprint density at radius 3 is 1.55 bits per heavy atom. The summed E-state index contributed by atoms with van der Waals surface area (Å²) in [4.78, 5) is 7.15. The molecule has 0 saturated carbocycles. The Balaban J connectivity index is 1.13. The zero-order chi connectivity index (χ0) is 31.2. The highest BCUT2D eigenvalue weighted by Gasteiger charge is 2.16. The van der Waals surface area contributed by atoms with Crippen molar-refractivity contribution in [3.05, 3.63) is 182 Å². The summed E-state index contributed by atoms with van der Waals surface area (Å²) in [6.07, 6.45) is 4.11. The molecule has 4 heteroatoms. The number of hydrogen-bond donors (Lipinski definition) is 0. The average Bonchev–Trinajstić information content (AvgIpc) is 3.73. The van der Waals surface area contributed by atoms with Crippen LogP contribution in [0.4, 0.5) is 17.1 Å². The van der Waals surface area contributed by atoms with Crippen LogP contribution in [0.3, 0.4) is 0 Å². The molecule has 0 unspecified atom stereocenters. The van der Waals surface area contributed by atoms with Crippen molar-refractivity contribution >= 4 is 44.5 Å². The van der Waals surface area contributed by atoms with E-state index in [1.165, 1.54) is 32.9 Å². The minimum Gasteiger partial charge on any atom is -0.311 e. The smallest absolute Gasteiger partial charge is 0.137 e. The molecule has 47 heavy (non-hydrogen) atoms. The summed E-state index contributed by atoms with van der Waals surface area (Å²) < 4.78 is 4.42. The predicted molar refractivity (Wildman–Crippen MR) is 195 cm³/mol. The first-order valence-electron chi connectivity index (χ1n) is 15.9. The zero-order valence-electron chi connectivity index (χ0n) is 25.6. The van der Waals surface area contributed by atoms with Gasteiger partial charge in [-0.15, -0.1) is 0 Å². The van der Waals surface area contributed by atoms with Crippen LogP contribution in [0.1, 0.15) is 0 Å². The monoisotopic (exact) mass is 602 g/mol. The molecule has 0 amide bonds. The number of benzene rings is 6. The van der Waals surface area contributed by atoms with E-state index < -0.39 is 0 Å². The SMILES string of the molecule is c1ccc(-c2ccc(N(c3ccc(-c4cn5ccccc5n4)cc3)c3ccc(-n4c5ccccc5c5ccccc54)cc3)cc2)cc1. The molecular weight excluding hydrogens is 573 g/mol. The Hall–Kier alpha value is -6.39. The summed E-state index contributed by atoms with van der Waals surface area (Å²) in [5.74, 6) is 0. The van der Waals surface area contributed by atoms with E-state index in [-0.39, 0.29) is 0 Å². The molecule has 3 aromatic heterocycles. The van der Waals surface area contributed by atoms with E-state index in [0.717, 1.165) is 39.7 Å². The molecule has 0 aliphatic heterocycles. The molecule has 0 fully saturated rings. The minimum atomic E-state index is 0.940. The number of hydrogen-bond acceptors (Lipinski definition) is 2. The van der Waals surface area contributed by atoms with Crippen LogP contribution in [0.5, 0.6) is 0 Å². The quantitative estimate of drug-likeness (QED) is 0.189. The highest BCUT2D eigenvalue weighted by Crippen LogP contribution is 2.38. The van der Waals surface area contributed by atoms with Gasteiger partial charge >= 0.3 is 0 Å². The van der Waals surface area contributed by atoms with Gasteiger partial charge in [-0.1, -0.05) is 97.1 Å². The van der Waals surface area contributed by atoms with Crippen molar-refractivity contribution in [2.24, 2.45) is 0 Å². The van der Waals surface area contributed by atoms with Gasteiger partial charge in [-0.3, -0.25) is 0 Å². The normalized spacial score (nSPS) is 11.4. The Morgan fingerprint density at radius 1 is 0.426 bits per heavy atom. The molecule has 3 heterocycles. The lowest BCUT2D eigenvalue weighted by Crippen LogP contribution is -2.10. The Bertz CT molecular complexity index is 2400. The van der Waals surface area contributed by atoms with Crippen LogP contribution < -0.4 is 4.90 Å². The van der Waals surface area contributed by atoms with Crippen molar-refractivity contribution in [1.29, 1.82) is 0 Å². The molecule has 0 atom stereocenters. The van der Waals surface area contributed by atoms with Crippen molar-refractivity contribution in [1.82, 2.24) is 14.0 Å². The maximum atomic E-state index is 4.84. The molecule has 0 saturated heterocycles. The summed E-state index contributed by atoms with van der Waals surface area (Å²) in [7, 11) is 0. The number of fused-ring (bicyclic) bond motifs is 4. The second kappa shape index (κ2) is 11.2. The third-order valence-electron chi connectivity index (χ3n) is 8.96. The van der Waals surface area contributed by atoms with Gasteiger partial charge in [0.25, 0.3) is 0 Å². The van der Waals surface area contributed by atoms with E-state index in [1.54, 1.807) is 0 Å². The molecule has 0 radical (unpaired) electrons. The van der Waals surface area contributed by atoms with Crippen molar-refractivity contribution in [3.8, 4) is 28.1 Å². The van der Waals surface area contributed by atoms with Gasteiger partial charge in [0.15, 0.2) is 0 Å². The fraction of sp³-hybridized carbons (Fsp3) is 0. The van der Waals surface area contributed by atoms with Gasteiger partial charge < -0.3 is 13.9 Å². The summed E-state index contributed by atoms with van der Waals surface area (Å²) in [5.41, 5.74) is 12.2. The number of rotatable bonds is 6. The van der Waals surface area contributed by atoms with Crippen molar-refractivity contribution in [3.63, 3.8) is 0 Å². The van der Waals surface area contributed by atoms with Crippen LogP contribution in [0, 0.1) is 0 Å². The average molecular weight is 603 g/mol. The lowest BCUT2D eigenvalue weighted by atomic mass is 10.0. The Kier molecular flexibility index (Phi) is 6.43. The maximum absolute atomic E-state index is 4.84. The molecule has 9 aromatic rings. The molecule has 0 spiro atoms. The van der Waals surface area contributed by atoms with E-state index in [0.29, 0.717) is 0 Å². The minimum absolute atomic E-state index is 0.940. The van der Waals surface area contributed by atoms with Crippen LogP contribution in [0.25, 0.3) is 55.5 Å². The molecule has 0 aliphatic carbocycles. The first-order chi connectivity index (χ1) is 23.3. The summed E-state index contributed by atoms with van der Waals surface area (Å²) >= 11 is 0. The fourth-order valence-electron chi connectivity index (χ4n) is 6.69. The zero-order valence-corrected chi connectivity index (χ0v) is 25.6. The van der Waals surface area contributed by atoms with Gasteiger partial charge in [0.2, 0.25) is 0 Å². The van der Waals surface area contributed by atoms with Gasteiger partial charge in [0, 0.05) is 51.5 Å². The van der Waals surface area contributed by atoms with Crippen molar-refractivity contribution in [2.75, 3.05) is 4.90 Å². The van der Waals surface area contributed by atoms with E-state index in [4.69, 9.17) is 4.98 Å². The number of anilines is 3. The molecule has 0 N–H and O–H groups in total. The van der Waals surface area contributed by atoms with Gasteiger partial charge in [-0.25, -0.2) is 4.98 Å². The number of nitrogens with zero attached hydrogens (tertiary/aromatic N) is 4. The molecule has 6 aromatic carbocycles. The molecule has 222 valence electrons. The summed E-state index contributed by atoms with van der Waals surface area (Å²) in [6, 6.07) is 60.3. The van der Waals surface area contributed by atoms with Crippen LogP contribution >= 0.6 is 0 Å². The van der Waals surface area contributed by atoms with Crippen LogP contribution in [0.2, 0.25) is 0 Å². The second-order valence-corrected chi connectivity index (χ2v) is 11.8. The number of para-hydroxylation sites is 2. The standard InChI is InChI=1S/C43H30N4/c1-2-10-31(11-3-1)32-17-21-34(22-18-32)46(35-23-19-33(20-24-35)40-30-45-29-9-8-16-43(45)44-40)36-25-27-37(28-26-36)47-41-14-6-4-12-38(41)39-13-5-7-15-42(39)47/h1-30H. The Morgan fingerprint density at radius 2 is 0.936 bits per heavy atom. The summed E-state index contributed by atoms with van der Waals surface area (Å²) in [5, 5.41) is 2.52. The highest BCUT2D eigenvalue weighted by molar-refractivity contribution is 6.09. The molecule has 0 bridgehead atoms. The molecular formula is C43H30N4. The van der Waals surface area contributed by atoms with Gasteiger partial charge in [-0.2, -0.15) is 0 Å². The van der Waals surface area contributed by atoms with Crippen molar-refractivity contribution < 1.29 is 0 Å². The van der Waals surface area contributed by atoms with Gasteiger partial charge in [-0.05, 0) is 83.9 Å². The highest BCUT2D eigenvalue weighted by atomic mass is 15.1. The van der Waals surface area contributed by atoms with Crippen LogP contribution in [-0.2, 0) is 0 Å². The summed E-state index contributed by atoms with van der Waals surface area (Å²) in [6.45, 7) is 0. The largest absolute Gasteiger partial charge is 0.311 e. The van der Waals surface area contributed by atoms with E-state index >= 15 is 0 Å². The molecule has 4 nitrogen and oxygen atoms in total. The van der Waals surface area contributed by atoms with Gasteiger partial charge in [0.1, 0.15) is 5.65 Å². The Labute approximate surface area is 273 Å². The number of aromatic nitrogens is 3. The lowest BCUT2D eigenvalue weighted by molar-refractivity contribution is 1.17. The first kappa shape index (κ1) is 27.0. The van der Waals surface area contributed by atoms with Crippen LogP contribution in [0.15, 0.2) is 182 Å². The van der Waals surface area contributed by atoms with Gasteiger partial charge in [0.05, 0.1) is 16.7 Å². The van der Waals surface area contributed by atoms with E-state index in [9.17, 15) is 0 Å². The topological polar surface area (TPSA) is 25.5 Å². The maximum Gasteiger partial charge on any atom is 0.137 e. The lowest BCUT2D eigenvalue weighted by Gasteiger charge is -2.26. The second-order valence-electron chi connectivity index (χ2n) is 11.8. The fourth-order valence-corrected chi connectivity index (χ4v) is 6.69. The third kappa shape index (κ3) is 4.75. The van der Waals surface area contributed by atoms with Crippen molar-refractivity contribution in [2.45, 2.75) is 0 Å². The van der Waals surface area contributed by atoms with Crippen LogP contribution in [-0.4, -0.2) is 14.0 Å². The first-order valence-corrected chi connectivity index (χ1v) is 15.9. The molecule has 9 rings (SSSR count). The van der Waals surface area contributed by atoms with E-state index in [1.807, 2.05) is 24.4 Å².